The van der Waals surface area contributed by atoms with E-state index in [1.165, 1.54) is 6.92 Å². The van der Waals surface area contributed by atoms with E-state index in [0.29, 0.717) is 6.42 Å². The van der Waals surface area contributed by atoms with Crippen molar-refractivity contribution in [1.82, 2.24) is 0 Å². The molecule has 0 heterocycles. The molecule has 0 saturated heterocycles. The molecule has 0 saturated carbocycles. The zero-order valence-corrected chi connectivity index (χ0v) is 7.39. The van der Waals surface area contributed by atoms with Crippen molar-refractivity contribution in [2.75, 3.05) is 5.75 Å². The Hall–Kier alpha value is -0.580. The molecular weight excluding hydrogens is 168 g/mol. The van der Waals surface area contributed by atoms with E-state index < -0.39 is 26.8 Å². The smallest absolute Gasteiger partial charge is 0.318 e. The standard InChI is InChI=1S/C6H12O4S/c1-3-5(2)11(9,10)4-6(7)8/h5H,3-4H2,1-2H3,(H,7,8)/t5-/m1/s1. The molecule has 1 N–H and O–H groups in total. The second kappa shape index (κ2) is 3.71. The van der Waals surface area contributed by atoms with E-state index >= 15 is 0 Å². The van der Waals surface area contributed by atoms with Gasteiger partial charge in [0.15, 0.2) is 9.84 Å². The molecule has 11 heavy (non-hydrogen) atoms. The van der Waals surface area contributed by atoms with Crippen LogP contribution in [0.25, 0.3) is 0 Å². The Bertz CT molecular complexity index is 229. The van der Waals surface area contributed by atoms with Crippen LogP contribution in [0.4, 0.5) is 0 Å². The summed E-state index contributed by atoms with van der Waals surface area (Å²) in [7, 11) is -3.41. The molecule has 0 aliphatic heterocycles. The first-order valence-corrected chi connectivity index (χ1v) is 5.05. The molecule has 0 aliphatic rings. The van der Waals surface area contributed by atoms with Crippen LogP contribution in [0.15, 0.2) is 0 Å². The van der Waals surface area contributed by atoms with Crippen LogP contribution in [0.2, 0.25) is 0 Å². The maximum atomic E-state index is 11.0. The number of hydrogen-bond donors (Lipinski definition) is 1. The van der Waals surface area contributed by atoms with Crippen molar-refractivity contribution >= 4 is 15.8 Å². The van der Waals surface area contributed by atoms with Crippen molar-refractivity contribution in [2.45, 2.75) is 25.5 Å². The van der Waals surface area contributed by atoms with Crippen LogP contribution < -0.4 is 0 Å². The monoisotopic (exact) mass is 180 g/mol. The van der Waals surface area contributed by atoms with Crippen LogP contribution in [0.5, 0.6) is 0 Å². The van der Waals surface area contributed by atoms with E-state index in [2.05, 4.69) is 0 Å². The minimum absolute atomic E-state index is 0.454. The quantitative estimate of drug-likeness (QED) is 0.674. The predicted molar refractivity (Wildman–Crippen MR) is 41.2 cm³/mol. The number of rotatable bonds is 4. The number of carboxylic acid groups (broad SMARTS) is 1. The van der Waals surface area contributed by atoms with Gasteiger partial charge in [0.25, 0.3) is 0 Å². The van der Waals surface area contributed by atoms with Gasteiger partial charge in [-0.3, -0.25) is 4.79 Å². The van der Waals surface area contributed by atoms with E-state index in [1.54, 1.807) is 6.92 Å². The van der Waals surface area contributed by atoms with Crippen LogP contribution in [0, 0.1) is 0 Å². The summed E-state index contributed by atoms with van der Waals surface area (Å²) in [6.07, 6.45) is 0.454. The van der Waals surface area contributed by atoms with Crippen LogP contribution in [0.3, 0.4) is 0 Å². The summed E-state index contributed by atoms with van der Waals surface area (Å²) in [5.41, 5.74) is 0. The van der Waals surface area contributed by atoms with Gasteiger partial charge < -0.3 is 5.11 Å². The highest BCUT2D eigenvalue weighted by atomic mass is 32.2. The SMILES string of the molecule is CC[C@@H](C)S(=O)(=O)CC(=O)O. The van der Waals surface area contributed by atoms with Gasteiger partial charge in [0, 0.05) is 0 Å². The summed E-state index contributed by atoms with van der Waals surface area (Å²) in [5.74, 6) is -2.05. The van der Waals surface area contributed by atoms with Gasteiger partial charge >= 0.3 is 5.97 Å². The molecular formula is C6H12O4S. The molecule has 0 aromatic carbocycles. The Balaban J connectivity index is 4.35. The summed E-state index contributed by atoms with van der Waals surface area (Å²) in [5, 5.41) is 7.66. The molecule has 0 radical (unpaired) electrons. The lowest BCUT2D eigenvalue weighted by atomic mass is 10.4. The van der Waals surface area contributed by atoms with Gasteiger partial charge in [0.1, 0.15) is 5.75 Å². The molecule has 0 rings (SSSR count). The molecule has 0 aromatic heterocycles. The summed E-state index contributed by atoms with van der Waals surface area (Å²) >= 11 is 0. The van der Waals surface area contributed by atoms with E-state index in [1.807, 2.05) is 0 Å². The first-order chi connectivity index (χ1) is 4.90. The number of sulfone groups is 1. The maximum absolute atomic E-state index is 11.0. The lowest BCUT2D eigenvalue weighted by Gasteiger charge is -2.06. The summed E-state index contributed by atoms with van der Waals surface area (Å²) in [6, 6.07) is 0. The lowest BCUT2D eigenvalue weighted by Crippen LogP contribution is -2.24. The topological polar surface area (TPSA) is 71.4 Å². The van der Waals surface area contributed by atoms with Crippen molar-refractivity contribution < 1.29 is 18.3 Å². The van der Waals surface area contributed by atoms with E-state index in [-0.39, 0.29) is 0 Å². The van der Waals surface area contributed by atoms with E-state index in [9.17, 15) is 13.2 Å². The molecule has 0 fully saturated rings. The number of carbonyl (C=O) groups is 1. The van der Waals surface area contributed by atoms with Gasteiger partial charge in [-0.15, -0.1) is 0 Å². The van der Waals surface area contributed by atoms with E-state index in [4.69, 9.17) is 5.11 Å². The normalized spacial score (nSPS) is 14.4. The zero-order chi connectivity index (χ0) is 9.07. The third-order valence-corrected chi connectivity index (χ3v) is 3.72. The van der Waals surface area contributed by atoms with Crippen molar-refractivity contribution in [3.05, 3.63) is 0 Å². The second-order valence-corrected chi connectivity index (χ2v) is 4.84. The molecule has 0 spiro atoms. The highest BCUT2D eigenvalue weighted by Gasteiger charge is 2.21. The molecule has 4 nitrogen and oxygen atoms in total. The maximum Gasteiger partial charge on any atom is 0.318 e. The first kappa shape index (κ1) is 10.4. The number of carboxylic acids is 1. The molecule has 1 atom stereocenters. The molecule has 0 aromatic rings. The second-order valence-electron chi connectivity index (χ2n) is 2.42. The van der Waals surface area contributed by atoms with Crippen LogP contribution in [0.1, 0.15) is 20.3 Å². The fourth-order valence-electron chi connectivity index (χ4n) is 0.568. The van der Waals surface area contributed by atoms with Crippen molar-refractivity contribution in [3.8, 4) is 0 Å². The summed E-state index contributed by atoms with van der Waals surface area (Å²) in [4.78, 5) is 10.1. The Morgan fingerprint density at radius 2 is 2.00 bits per heavy atom. The largest absolute Gasteiger partial charge is 0.480 e. The zero-order valence-electron chi connectivity index (χ0n) is 6.57. The fourth-order valence-corrected chi connectivity index (χ4v) is 1.70. The minimum atomic E-state index is -3.41. The Labute approximate surface area is 66.1 Å². The molecule has 66 valence electrons. The third kappa shape index (κ3) is 3.36. The van der Waals surface area contributed by atoms with Gasteiger partial charge in [-0.25, -0.2) is 8.42 Å². The third-order valence-electron chi connectivity index (χ3n) is 1.51. The molecule has 0 aliphatic carbocycles. The first-order valence-electron chi connectivity index (χ1n) is 3.33. The highest BCUT2D eigenvalue weighted by Crippen LogP contribution is 2.05. The fraction of sp³-hybridized carbons (Fsp3) is 0.833. The van der Waals surface area contributed by atoms with Crippen LogP contribution >= 0.6 is 0 Å². The lowest BCUT2D eigenvalue weighted by molar-refractivity contribution is -0.134. The Morgan fingerprint density at radius 3 is 2.27 bits per heavy atom. The number of aliphatic carboxylic acids is 1. The average Bonchev–Trinajstić information content (AvgIpc) is 1.83. The molecule has 0 unspecified atom stereocenters. The number of hydrogen-bond acceptors (Lipinski definition) is 3. The van der Waals surface area contributed by atoms with Gasteiger partial charge in [-0.05, 0) is 13.3 Å². The van der Waals surface area contributed by atoms with Gasteiger partial charge in [0.2, 0.25) is 0 Å². The van der Waals surface area contributed by atoms with Crippen LogP contribution in [-0.4, -0.2) is 30.5 Å². The van der Waals surface area contributed by atoms with Gasteiger partial charge in [0.05, 0.1) is 5.25 Å². The summed E-state index contributed by atoms with van der Waals surface area (Å²) in [6.45, 7) is 3.22. The Morgan fingerprint density at radius 1 is 1.55 bits per heavy atom. The molecule has 5 heteroatoms. The van der Waals surface area contributed by atoms with Crippen molar-refractivity contribution in [3.63, 3.8) is 0 Å². The molecule has 0 amide bonds. The van der Waals surface area contributed by atoms with E-state index in [0.717, 1.165) is 0 Å². The van der Waals surface area contributed by atoms with Crippen molar-refractivity contribution in [1.29, 1.82) is 0 Å². The average molecular weight is 180 g/mol. The highest BCUT2D eigenvalue weighted by molar-refractivity contribution is 7.92. The molecule has 0 bridgehead atoms. The van der Waals surface area contributed by atoms with Crippen LogP contribution in [-0.2, 0) is 14.6 Å². The van der Waals surface area contributed by atoms with Gasteiger partial charge in [-0.2, -0.15) is 0 Å². The van der Waals surface area contributed by atoms with Crippen molar-refractivity contribution in [2.24, 2.45) is 0 Å². The predicted octanol–water partition coefficient (Wildman–Crippen LogP) is 0.284. The van der Waals surface area contributed by atoms with Gasteiger partial charge in [-0.1, -0.05) is 6.92 Å². The summed E-state index contributed by atoms with van der Waals surface area (Å²) < 4.78 is 22.0. The minimum Gasteiger partial charge on any atom is -0.480 e. The Kier molecular flexibility index (Phi) is 3.51.